The summed E-state index contributed by atoms with van der Waals surface area (Å²) in [4.78, 5) is 17.3. The van der Waals surface area contributed by atoms with Gasteiger partial charge in [-0.05, 0) is 54.1 Å². The SMILES string of the molecule is O=C(N/N=C\c1ccccc1OCc1ccc(Cl)cc1)c1ccc(-c2csc(Nc3ccccc3)n2)cc1. The van der Waals surface area contributed by atoms with Crippen LogP contribution in [-0.2, 0) is 6.61 Å². The number of rotatable bonds is 9. The first-order chi connectivity index (χ1) is 18.6. The van der Waals surface area contributed by atoms with Crippen LogP contribution in [0, 0.1) is 0 Å². The number of anilines is 2. The Kier molecular flexibility index (Phi) is 8.08. The number of aromatic nitrogens is 1. The van der Waals surface area contributed by atoms with Gasteiger partial charge in [0.1, 0.15) is 12.4 Å². The van der Waals surface area contributed by atoms with Gasteiger partial charge in [0.15, 0.2) is 5.13 Å². The van der Waals surface area contributed by atoms with Crippen molar-refractivity contribution < 1.29 is 9.53 Å². The van der Waals surface area contributed by atoms with Gasteiger partial charge in [-0.1, -0.05) is 66.2 Å². The maximum absolute atomic E-state index is 12.6. The van der Waals surface area contributed by atoms with Gasteiger partial charge < -0.3 is 10.1 Å². The molecule has 0 fully saturated rings. The number of hydrazone groups is 1. The van der Waals surface area contributed by atoms with E-state index in [1.807, 2.05) is 96.4 Å². The van der Waals surface area contributed by atoms with Gasteiger partial charge in [-0.25, -0.2) is 10.4 Å². The third-order valence-corrected chi connectivity index (χ3v) is 6.58. The molecule has 0 spiro atoms. The lowest BCUT2D eigenvalue weighted by atomic mass is 10.1. The van der Waals surface area contributed by atoms with E-state index in [2.05, 4.69) is 20.8 Å². The maximum Gasteiger partial charge on any atom is 0.271 e. The number of para-hydroxylation sites is 2. The van der Waals surface area contributed by atoms with E-state index in [1.54, 1.807) is 18.3 Å². The second-order valence-corrected chi connectivity index (χ2v) is 9.55. The smallest absolute Gasteiger partial charge is 0.271 e. The third kappa shape index (κ3) is 6.64. The lowest BCUT2D eigenvalue weighted by Crippen LogP contribution is -2.17. The molecule has 0 radical (unpaired) electrons. The minimum absolute atomic E-state index is 0.308. The van der Waals surface area contributed by atoms with E-state index in [0.717, 1.165) is 33.2 Å². The van der Waals surface area contributed by atoms with E-state index in [0.29, 0.717) is 22.9 Å². The summed E-state index contributed by atoms with van der Waals surface area (Å²) in [5, 5.41) is 10.9. The molecule has 0 aliphatic rings. The zero-order chi connectivity index (χ0) is 26.2. The van der Waals surface area contributed by atoms with Crippen LogP contribution in [-0.4, -0.2) is 17.1 Å². The Hall–Kier alpha value is -4.46. The summed E-state index contributed by atoms with van der Waals surface area (Å²) in [5.41, 5.74) is 7.58. The number of nitrogens with one attached hydrogen (secondary N) is 2. The summed E-state index contributed by atoms with van der Waals surface area (Å²) in [5.74, 6) is 0.353. The average Bonchev–Trinajstić information content (AvgIpc) is 3.42. The molecule has 4 aromatic carbocycles. The van der Waals surface area contributed by atoms with Crippen LogP contribution in [0.4, 0.5) is 10.8 Å². The van der Waals surface area contributed by atoms with E-state index in [-0.39, 0.29) is 5.91 Å². The molecule has 1 heterocycles. The lowest BCUT2D eigenvalue weighted by Gasteiger charge is -2.09. The Labute approximate surface area is 229 Å². The number of hydrogen-bond acceptors (Lipinski definition) is 6. The van der Waals surface area contributed by atoms with Crippen LogP contribution in [0.15, 0.2) is 114 Å². The Balaban J connectivity index is 1.18. The van der Waals surface area contributed by atoms with Gasteiger partial charge in [0.25, 0.3) is 5.91 Å². The fraction of sp³-hybridized carbons (Fsp3) is 0.0333. The van der Waals surface area contributed by atoms with Gasteiger partial charge >= 0.3 is 0 Å². The highest BCUT2D eigenvalue weighted by molar-refractivity contribution is 7.14. The Morgan fingerprint density at radius 3 is 2.45 bits per heavy atom. The van der Waals surface area contributed by atoms with Crippen molar-refractivity contribution >= 4 is 45.9 Å². The molecule has 1 aromatic heterocycles. The van der Waals surface area contributed by atoms with Crippen LogP contribution < -0.4 is 15.5 Å². The molecule has 0 saturated carbocycles. The second-order valence-electron chi connectivity index (χ2n) is 8.26. The molecule has 1 amide bonds. The zero-order valence-electron chi connectivity index (χ0n) is 20.2. The molecule has 2 N–H and O–H groups in total. The highest BCUT2D eigenvalue weighted by atomic mass is 35.5. The predicted molar refractivity (Wildman–Crippen MR) is 155 cm³/mol. The van der Waals surface area contributed by atoms with Gasteiger partial charge in [-0.2, -0.15) is 5.10 Å². The van der Waals surface area contributed by atoms with Crippen molar-refractivity contribution in [2.24, 2.45) is 5.10 Å². The van der Waals surface area contributed by atoms with Gasteiger partial charge in [0.2, 0.25) is 0 Å². The van der Waals surface area contributed by atoms with Crippen LogP contribution in [0.25, 0.3) is 11.3 Å². The number of amides is 1. The van der Waals surface area contributed by atoms with Gasteiger partial charge in [-0.15, -0.1) is 11.3 Å². The highest BCUT2D eigenvalue weighted by Crippen LogP contribution is 2.27. The van der Waals surface area contributed by atoms with Crippen molar-refractivity contribution in [3.05, 3.63) is 130 Å². The Morgan fingerprint density at radius 1 is 0.921 bits per heavy atom. The van der Waals surface area contributed by atoms with Crippen LogP contribution in [0.1, 0.15) is 21.5 Å². The van der Waals surface area contributed by atoms with Crippen molar-refractivity contribution in [1.82, 2.24) is 10.4 Å². The zero-order valence-corrected chi connectivity index (χ0v) is 21.7. The van der Waals surface area contributed by atoms with E-state index >= 15 is 0 Å². The quantitative estimate of drug-likeness (QED) is 0.150. The molecule has 38 heavy (non-hydrogen) atoms. The van der Waals surface area contributed by atoms with Crippen molar-refractivity contribution in [3.8, 4) is 17.0 Å². The Morgan fingerprint density at radius 2 is 1.66 bits per heavy atom. The van der Waals surface area contributed by atoms with Crippen LogP contribution in [0.2, 0.25) is 5.02 Å². The molecule has 8 heteroatoms. The topological polar surface area (TPSA) is 75.6 Å². The first-order valence-electron chi connectivity index (χ1n) is 11.8. The molecule has 0 atom stereocenters. The number of hydrogen-bond donors (Lipinski definition) is 2. The molecule has 5 rings (SSSR count). The number of thiazole rings is 1. The van der Waals surface area contributed by atoms with Gasteiger partial charge in [0, 0.05) is 32.8 Å². The predicted octanol–water partition coefficient (Wildman–Crippen LogP) is 7.55. The number of carbonyl (C=O) groups is 1. The molecule has 6 nitrogen and oxygen atoms in total. The van der Waals surface area contributed by atoms with E-state index in [1.165, 1.54) is 11.3 Å². The molecule has 0 aliphatic heterocycles. The molecule has 5 aromatic rings. The molecule has 0 aliphatic carbocycles. The van der Waals surface area contributed by atoms with E-state index < -0.39 is 0 Å². The number of ether oxygens (including phenoxy) is 1. The van der Waals surface area contributed by atoms with Crippen molar-refractivity contribution in [2.45, 2.75) is 6.61 Å². The summed E-state index contributed by atoms with van der Waals surface area (Å²) in [6, 6.07) is 32.1. The lowest BCUT2D eigenvalue weighted by molar-refractivity contribution is 0.0955. The normalized spacial score (nSPS) is 10.9. The molecule has 188 valence electrons. The monoisotopic (exact) mass is 538 g/mol. The summed E-state index contributed by atoms with van der Waals surface area (Å²) < 4.78 is 5.94. The van der Waals surface area contributed by atoms with E-state index in [4.69, 9.17) is 16.3 Å². The number of benzene rings is 4. The summed E-state index contributed by atoms with van der Waals surface area (Å²) in [6.45, 7) is 0.392. The minimum atomic E-state index is -0.308. The van der Waals surface area contributed by atoms with Crippen LogP contribution >= 0.6 is 22.9 Å². The Bertz CT molecular complexity index is 1540. The fourth-order valence-corrected chi connectivity index (χ4v) is 4.45. The number of halogens is 1. The van der Waals surface area contributed by atoms with Crippen LogP contribution in [0.5, 0.6) is 5.75 Å². The largest absolute Gasteiger partial charge is 0.488 e. The summed E-state index contributed by atoms with van der Waals surface area (Å²) in [6.07, 6.45) is 1.57. The van der Waals surface area contributed by atoms with Crippen molar-refractivity contribution in [1.29, 1.82) is 0 Å². The average molecular weight is 539 g/mol. The fourth-order valence-electron chi connectivity index (χ4n) is 3.59. The number of nitrogens with zero attached hydrogens (tertiary/aromatic N) is 2. The second kappa shape index (κ2) is 12.2. The van der Waals surface area contributed by atoms with Gasteiger partial charge in [-0.3, -0.25) is 4.79 Å². The molecule has 0 unspecified atom stereocenters. The maximum atomic E-state index is 12.6. The van der Waals surface area contributed by atoms with Crippen molar-refractivity contribution in [2.75, 3.05) is 5.32 Å². The van der Waals surface area contributed by atoms with Crippen molar-refractivity contribution in [3.63, 3.8) is 0 Å². The number of carbonyl (C=O) groups excluding carboxylic acids is 1. The summed E-state index contributed by atoms with van der Waals surface area (Å²) >= 11 is 7.47. The van der Waals surface area contributed by atoms with Gasteiger partial charge in [0.05, 0.1) is 11.9 Å². The van der Waals surface area contributed by atoms with Crippen LogP contribution in [0.3, 0.4) is 0 Å². The summed E-state index contributed by atoms with van der Waals surface area (Å²) in [7, 11) is 0. The standard InChI is InChI=1S/C30H23ClN4O2S/c31-25-16-10-21(11-17-25)19-37-28-9-5-4-6-24(28)18-32-35-29(36)23-14-12-22(13-15-23)27-20-38-30(34-27)33-26-7-2-1-3-8-26/h1-18,20H,19H2,(H,33,34)(H,35,36)/b32-18-. The highest BCUT2D eigenvalue weighted by Gasteiger charge is 2.09. The first kappa shape index (κ1) is 25.2. The molecule has 0 saturated heterocycles. The molecule has 0 bridgehead atoms. The molecular weight excluding hydrogens is 516 g/mol. The minimum Gasteiger partial charge on any atom is -0.488 e. The third-order valence-electron chi connectivity index (χ3n) is 5.57. The molecular formula is C30H23ClN4O2S. The first-order valence-corrected chi connectivity index (χ1v) is 13.1. The van der Waals surface area contributed by atoms with E-state index in [9.17, 15) is 4.79 Å².